The maximum atomic E-state index is 9.60. The topological polar surface area (TPSA) is 324 Å². The van der Waals surface area contributed by atoms with E-state index >= 15 is 0 Å². The molecule has 0 radical (unpaired) electrons. The van der Waals surface area contributed by atoms with Crippen LogP contribution in [-0.2, 0) is 47.3 Å². The van der Waals surface area contributed by atoms with Crippen LogP contribution in [0.15, 0.2) is 170 Å². The summed E-state index contributed by atoms with van der Waals surface area (Å²) in [4.78, 5) is 0. The molecule has 12 rings (SSSR count). The molecule has 16 nitrogen and oxygen atoms in total. The van der Waals surface area contributed by atoms with Gasteiger partial charge in [0.15, 0.2) is 0 Å². The van der Waals surface area contributed by atoms with E-state index < -0.39 is 0 Å². The summed E-state index contributed by atoms with van der Waals surface area (Å²) in [7, 11) is 0. The van der Waals surface area contributed by atoms with Crippen molar-refractivity contribution in [3.8, 4) is 92.0 Å². The average molecular weight is 1810 g/mol. The second-order valence-corrected chi connectivity index (χ2v) is 38.3. The highest BCUT2D eigenvalue weighted by molar-refractivity contribution is 5.52. The van der Waals surface area contributed by atoms with E-state index in [0.717, 1.165) is 159 Å². The van der Waals surface area contributed by atoms with Gasteiger partial charge in [0, 0.05) is 24.3 Å². The molecule has 0 atom stereocenters. The number of rotatable bonds is 4. The maximum Gasteiger partial charge on any atom is 0.122 e. The molecule has 0 aliphatic heterocycles. The molecule has 0 saturated heterocycles. The Morgan fingerprint density at radius 2 is 0.265 bits per heavy atom. The molecule has 16 N–H and O–H groups in total. The van der Waals surface area contributed by atoms with E-state index in [1.165, 1.54) is 46.5 Å². The minimum atomic E-state index is 0.153. The molecular formula is C116H160O16. The molecule has 0 heterocycles. The highest BCUT2D eigenvalue weighted by Gasteiger charge is 2.20. The number of aromatic hydroxyl groups is 16. The largest absolute Gasteiger partial charge is 0.508 e. The van der Waals surface area contributed by atoms with E-state index in [1.54, 1.807) is 24.3 Å². The van der Waals surface area contributed by atoms with Crippen LogP contribution in [0.25, 0.3) is 0 Å². The lowest BCUT2D eigenvalue weighted by Crippen LogP contribution is -2.11. The number of hydrogen-bond donors (Lipinski definition) is 16. The lowest BCUT2D eigenvalue weighted by Gasteiger charge is -2.20. The van der Waals surface area contributed by atoms with Gasteiger partial charge in [-0.3, -0.25) is 0 Å². The van der Waals surface area contributed by atoms with E-state index in [-0.39, 0.29) is 67.7 Å². The van der Waals surface area contributed by atoms with Gasteiger partial charge >= 0.3 is 0 Å². The molecule has 16 heteroatoms. The molecule has 0 saturated carbocycles. The van der Waals surface area contributed by atoms with E-state index in [0.29, 0.717) is 46.0 Å². The fourth-order valence-electron chi connectivity index (χ4n) is 12.9. The molecule has 0 unspecified atom stereocenters. The van der Waals surface area contributed by atoms with Crippen LogP contribution < -0.4 is 0 Å². The quantitative estimate of drug-likeness (QED) is 0.0778. The number of benzene rings is 12. The third kappa shape index (κ3) is 38.5. The van der Waals surface area contributed by atoms with Crippen LogP contribution in [0.4, 0.5) is 0 Å². The summed E-state index contributed by atoms with van der Waals surface area (Å²) >= 11 is 0. The predicted octanol–water partition coefficient (Wildman–Crippen LogP) is 29.1. The highest BCUT2D eigenvalue weighted by Crippen LogP contribution is 2.37. The smallest absolute Gasteiger partial charge is 0.122 e. The van der Waals surface area contributed by atoms with E-state index in [1.807, 2.05) is 239 Å². The van der Waals surface area contributed by atoms with Crippen molar-refractivity contribution in [1.82, 2.24) is 0 Å². The van der Waals surface area contributed by atoms with Gasteiger partial charge in [-0.25, -0.2) is 0 Å². The number of hydrogen-bond acceptors (Lipinski definition) is 16. The number of phenols is 16. The Bertz CT molecular complexity index is 4830. The first-order valence-electron chi connectivity index (χ1n) is 45.0. The molecule has 0 bridgehead atoms. The summed E-state index contributed by atoms with van der Waals surface area (Å²) in [6, 6.07) is 52.0. The van der Waals surface area contributed by atoms with Gasteiger partial charge < -0.3 is 81.7 Å². The van der Waals surface area contributed by atoms with Crippen LogP contribution in [-0.4, -0.2) is 81.7 Å². The van der Waals surface area contributed by atoms with Gasteiger partial charge in [0.25, 0.3) is 0 Å². The molecule has 0 aromatic heterocycles. The summed E-state index contributed by atoms with van der Waals surface area (Å²) in [6.07, 6.45) is 3.14. The van der Waals surface area contributed by atoms with Gasteiger partial charge in [-0.1, -0.05) is 232 Å². The van der Waals surface area contributed by atoms with E-state index in [9.17, 15) is 61.3 Å². The van der Waals surface area contributed by atoms with E-state index in [4.69, 9.17) is 20.4 Å². The van der Waals surface area contributed by atoms with Crippen LogP contribution in [0.3, 0.4) is 0 Å². The van der Waals surface area contributed by atoms with E-state index in [2.05, 4.69) is 132 Å². The maximum absolute atomic E-state index is 9.60. The van der Waals surface area contributed by atoms with Crippen molar-refractivity contribution in [2.75, 3.05) is 0 Å². The molecule has 0 aliphatic carbocycles. The first-order chi connectivity index (χ1) is 60.7. The Balaban J connectivity index is 0.000000722. The second-order valence-electron chi connectivity index (χ2n) is 38.3. The second kappa shape index (κ2) is 53.1. The van der Waals surface area contributed by atoms with Crippen LogP contribution in [0, 0.1) is 138 Å². The van der Waals surface area contributed by atoms with Crippen molar-refractivity contribution < 1.29 is 81.7 Å². The van der Waals surface area contributed by atoms with Gasteiger partial charge in [-0.05, 0) is 366 Å². The molecule has 12 aromatic rings. The average Bonchev–Trinajstić information content (AvgIpc) is 0.821. The minimum Gasteiger partial charge on any atom is -0.508 e. The Morgan fingerprint density at radius 1 is 0.152 bits per heavy atom. The minimum absolute atomic E-state index is 0.153. The lowest BCUT2D eigenvalue weighted by molar-refractivity contribution is 0.443. The summed E-state index contributed by atoms with van der Waals surface area (Å²) in [6.45, 7) is 71.9. The van der Waals surface area contributed by atoms with Crippen molar-refractivity contribution in [3.63, 3.8) is 0 Å². The Morgan fingerprint density at radius 3 is 0.364 bits per heavy atom. The molecule has 132 heavy (non-hydrogen) atoms. The third-order valence-corrected chi connectivity index (χ3v) is 22.3. The van der Waals surface area contributed by atoms with Gasteiger partial charge in [-0.15, -0.1) is 0 Å². The first kappa shape index (κ1) is 117. The van der Waals surface area contributed by atoms with Crippen molar-refractivity contribution in [2.45, 2.75) is 297 Å². The summed E-state index contributed by atoms with van der Waals surface area (Å²) in [5.74, 6) is 4.67. The normalized spacial score (nSPS) is 10.6. The molecule has 0 spiro atoms. The zero-order valence-corrected chi connectivity index (χ0v) is 86.1. The molecule has 720 valence electrons. The fraction of sp³-hybridized carbons (Fsp3) is 0.379. The van der Waals surface area contributed by atoms with Crippen molar-refractivity contribution in [3.05, 3.63) is 326 Å². The van der Waals surface area contributed by atoms with Crippen LogP contribution >= 0.6 is 0 Å². The fourth-order valence-corrected chi connectivity index (χ4v) is 12.9. The molecule has 0 aliphatic rings. The van der Waals surface area contributed by atoms with Gasteiger partial charge in [-0.2, -0.15) is 0 Å². The van der Waals surface area contributed by atoms with Gasteiger partial charge in [0.1, 0.15) is 92.0 Å². The zero-order chi connectivity index (χ0) is 102. The Kier molecular flexibility index (Phi) is 47.2. The van der Waals surface area contributed by atoms with Crippen molar-refractivity contribution in [1.29, 1.82) is 0 Å². The Hall–Kier alpha value is -12.6. The molecule has 0 amide bonds. The van der Waals surface area contributed by atoms with Gasteiger partial charge in [0.2, 0.25) is 0 Å². The monoisotopic (exact) mass is 1810 g/mol. The lowest BCUT2D eigenvalue weighted by atomic mass is 9.85. The summed E-state index contributed by atoms with van der Waals surface area (Å²) in [5, 5.41) is 149. The zero-order valence-electron chi connectivity index (χ0n) is 86.1. The number of para-hydroxylation sites is 4. The van der Waals surface area contributed by atoms with Crippen molar-refractivity contribution >= 4 is 0 Å². The SMILES string of the molecule is CCc1cc(C)c(O)cc1O.CCc1cc(C)c(O)cc1O.CCc1cc(C)c(O)cc1O.CCc1cc(C)c(O)cc1O.Cc1cc(C(C)(C)C)cc(C)c1O.Cc1cc(C(C)(C)C)cc(C)c1O.Cc1cc(C(C)(C)C)cc(C)c1O.Cc1cc(C(C)(C)C)cc(C)c1O.Cc1cccc(C)c1O.Cc1cccc(C)c1O.Cc1cccc(C)c1O.Cc1cccc(C)c1O. The number of phenolic OH excluding ortho intramolecular Hbond substituents is 16. The van der Waals surface area contributed by atoms with Crippen LogP contribution in [0.5, 0.6) is 92.0 Å². The summed E-state index contributed by atoms with van der Waals surface area (Å²) in [5.41, 5.74) is 27.7. The number of aryl methyl sites for hydroxylation is 24. The highest BCUT2D eigenvalue weighted by atomic mass is 16.3. The summed E-state index contributed by atoms with van der Waals surface area (Å²) < 4.78 is 0. The predicted molar refractivity (Wildman–Crippen MR) is 551 cm³/mol. The first-order valence-corrected chi connectivity index (χ1v) is 45.0. The molecule has 12 aromatic carbocycles. The van der Waals surface area contributed by atoms with Crippen molar-refractivity contribution in [2.24, 2.45) is 0 Å². The van der Waals surface area contributed by atoms with Crippen LogP contribution in [0.1, 0.15) is 267 Å². The van der Waals surface area contributed by atoms with Gasteiger partial charge in [0.05, 0.1) is 0 Å². The standard InChI is InChI=1S/4C12H18O.4C9H12O2.4C8H10O/c4*1-8-6-10(12(3,4)5)7-9(2)11(8)13;4*1-3-7-4-6(2)8(10)5-9(7)11;4*1-6-4-3-5-7(2)8(6)9/h4*6-7,13H,1-5H3;4*4-5,10-11H,3H2,1-2H3;4*3-5,9H,1-2H3. The van der Waals surface area contributed by atoms with Crippen LogP contribution in [0.2, 0.25) is 0 Å². The third-order valence-electron chi connectivity index (χ3n) is 22.3. The molecule has 0 fully saturated rings. The Labute approximate surface area is 791 Å². The molecular weight excluding hydrogens is 1650 g/mol.